The molecule has 1 aliphatic heterocycles. The number of carbonyl (C=O) groups is 3. The van der Waals surface area contributed by atoms with Crippen LogP contribution < -0.4 is 16.4 Å². The van der Waals surface area contributed by atoms with Crippen molar-refractivity contribution in [2.24, 2.45) is 5.73 Å². The lowest BCUT2D eigenvalue weighted by atomic mass is 10.1. The predicted molar refractivity (Wildman–Crippen MR) is 68.3 cm³/mol. The van der Waals surface area contributed by atoms with Crippen molar-refractivity contribution in [3.63, 3.8) is 0 Å². The van der Waals surface area contributed by atoms with E-state index in [0.717, 1.165) is 0 Å². The van der Waals surface area contributed by atoms with Crippen LogP contribution in [-0.4, -0.2) is 23.8 Å². The van der Waals surface area contributed by atoms with Gasteiger partial charge < -0.3 is 11.1 Å². The van der Waals surface area contributed by atoms with Crippen LogP contribution in [0.4, 0.5) is 5.69 Å². The molecule has 0 bridgehead atoms. The van der Waals surface area contributed by atoms with Crippen LogP contribution in [0.5, 0.6) is 0 Å². The molecule has 0 aliphatic carbocycles. The number of amides is 3. The fourth-order valence-electron chi connectivity index (χ4n) is 1.70. The number of nitrogens with one attached hydrogen (secondary N) is 2. The maximum atomic E-state index is 11.6. The van der Waals surface area contributed by atoms with Crippen molar-refractivity contribution >= 4 is 23.4 Å². The van der Waals surface area contributed by atoms with Crippen LogP contribution in [-0.2, 0) is 4.79 Å². The SMILES string of the molecule is C#CCC(N)C(=O)Nc1ccc2c(c1)C(=O)NC2=O. The Kier molecular flexibility index (Phi) is 3.31. The molecule has 0 fully saturated rings. The van der Waals surface area contributed by atoms with E-state index in [2.05, 4.69) is 16.6 Å². The molecule has 0 spiro atoms. The average Bonchev–Trinajstić information content (AvgIpc) is 2.65. The highest BCUT2D eigenvalue weighted by atomic mass is 16.2. The predicted octanol–water partition coefficient (Wildman–Crippen LogP) is -0.141. The fraction of sp³-hybridized carbons (Fsp3) is 0.154. The van der Waals surface area contributed by atoms with Crippen LogP contribution in [0, 0.1) is 12.3 Å². The van der Waals surface area contributed by atoms with Gasteiger partial charge in [0.1, 0.15) is 0 Å². The molecule has 3 amide bonds. The van der Waals surface area contributed by atoms with Crippen LogP contribution in [0.15, 0.2) is 18.2 Å². The number of terminal acetylenes is 1. The fourth-order valence-corrected chi connectivity index (χ4v) is 1.70. The Hall–Kier alpha value is -2.65. The number of benzene rings is 1. The first-order valence-electron chi connectivity index (χ1n) is 5.52. The summed E-state index contributed by atoms with van der Waals surface area (Å²) in [5.41, 5.74) is 6.46. The highest BCUT2D eigenvalue weighted by Gasteiger charge is 2.27. The summed E-state index contributed by atoms with van der Waals surface area (Å²) in [4.78, 5) is 34.4. The maximum Gasteiger partial charge on any atom is 0.259 e. The summed E-state index contributed by atoms with van der Waals surface area (Å²) in [6.07, 6.45) is 5.19. The number of imide groups is 1. The molecule has 2 rings (SSSR count). The third-order valence-corrected chi connectivity index (χ3v) is 2.68. The van der Waals surface area contributed by atoms with Crippen LogP contribution >= 0.6 is 0 Å². The number of fused-ring (bicyclic) bond motifs is 1. The first-order valence-corrected chi connectivity index (χ1v) is 5.52. The van der Waals surface area contributed by atoms with Crippen molar-refractivity contribution in [3.8, 4) is 12.3 Å². The molecule has 96 valence electrons. The third kappa shape index (κ3) is 2.46. The molecule has 6 heteroatoms. The van der Waals surface area contributed by atoms with Crippen molar-refractivity contribution < 1.29 is 14.4 Å². The van der Waals surface area contributed by atoms with E-state index in [4.69, 9.17) is 12.2 Å². The smallest absolute Gasteiger partial charge is 0.259 e. The summed E-state index contributed by atoms with van der Waals surface area (Å²) in [7, 11) is 0. The number of anilines is 1. The Morgan fingerprint density at radius 2 is 2.05 bits per heavy atom. The standard InChI is InChI=1S/C13H11N3O3/c1-2-3-10(14)13(19)15-7-4-5-8-9(6-7)12(18)16-11(8)17/h1,4-6,10H,3,14H2,(H,15,19)(H,16,17,18). The van der Waals surface area contributed by atoms with E-state index in [9.17, 15) is 14.4 Å². The first-order chi connectivity index (χ1) is 9.02. The number of rotatable bonds is 3. The lowest BCUT2D eigenvalue weighted by Crippen LogP contribution is -2.35. The molecule has 0 saturated carbocycles. The highest BCUT2D eigenvalue weighted by molar-refractivity contribution is 6.22. The zero-order valence-electron chi connectivity index (χ0n) is 9.90. The van der Waals surface area contributed by atoms with Gasteiger partial charge in [-0.15, -0.1) is 12.3 Å². The minimum Gasteiger partial charge on any atom is -0.325 e. The van der Waals surface area contributed by atoms with E-state index >= 15 is 0 Å². The topological polar surface area (TPSA) is 101 Å². The van der Waals surface area contributed by atoms with Gasteiger partial charge in [0.2, 0.25) is 5.91 Å². The minimum atomic E-state index is -0.811. The van der Waals surface area contributed by atoms with Gasteiger partial charge in [0.25, 0.3) is 11.8 Å². The van der Waals surface area contributed by atoms with E-state index in [1.54, 1.807) is 0 Å². The molecule has 6 nitrogen and oxygen atoms in total. The molecular weight excluding hydrogens is 246 g/mol. The average molecular weight is 257 g/mol. The second-order valence-electron chi connectivity index (χ2n) is 4.05. The van der Waals surface area contributed by atoms with Gasteiger partial charge in [0, 0.05) is 12.1 Å². The van der Waals surface area contributed by atoms with Gasteiger partial charge in [-0.2, -0.15) is 0 Å². The monoisotopic (exact) mass is 257 g/mol. The first kappa shape index (κ1) is 12.8. The molecule has 1 aromatic carbocycles. The molecular formula is C13H11N3O3. The molecule has 0 saturated heterocycles. The van der Waals surface area contributed by atoms with Gasteiger partial charge in [-0.05, 0) is 18.2 Å². The third-order valence-electron chi connectivity index (χ3n) is 2.68. The Balaban J connectivity index is 2.18. The number of hydrogen-bond donors (Lipinski definition) is 3. The Morgan fingerprint density at radius 3 is 2.74 bits per heavy atom. The van der Waals surface area contributed by atoms with Gasteiger partial charge in [-0.3, -0.25) is 19.7 Å². The number of hydrogen-bond acceptors (Lipinski definition) is 4. The summed E-state index contributed by atoms with van der Waals surface area (Å²) < 4.78 is 0. The lowest BCUT2D eigenvalue weighted by molar-refractivity contribution is -0.117. The normalized spacial score (nSPS) is 14.3. The van der Waals surface area contributed by atoms with E-state index in [0.29, 0.717) is 5.69 Å². The van der Waals surface area contributed by atoms with Crippen molar-refractivity contribution in [1.29, 1.82) is 0 Å². The Morgan fingerprint density at radius 1 is 1.37 bits per heavy atom. The molecule has 19 heavy (non-hydrogen) atoms. The number of nitrogens with two attached hydrogens (primary N) is 1. The zero-order valence-corrected chi connectivity index (χ0v) is 9.90. The quantitative estimate of drug-likeness (QED) is 0.518. The van der Waals surface area contributed by atoms with E-state index < -0.39 is 23.8 Å². The minimum absolute atomic E-state index is 0.121. The van der Waals surface area contributed by atoms with Crippen molar-refractivity contribution in [1.82, 2.24) is 5.32 Å². The van der Waals surface area contributed by atoms with E-state index in [1.807, 2.05) is 0 Å². The summed E-state index contributed by atoms with van der Waals surface area (Å²) in [5, 5.41) is 4.70. The number of carbonyl (C=O) groups excluding carboxylic acids is 3. The molecule has 0 radical (unpaired) electrons. The van der Waals surface area contributed by atoms with Gasteiger partial charge in [0.05, 0.1) is 17.2 Å². The van der Waals surface area contributed by atoms with Crippen LogP contribution in [0.25, 0.3) is 0 Å². The Labute approximate surface area is 109 Å². The van der Waals surface area contributed by atoms with E-state index in [1.165, 1.54) is 18.2 Å². The second kappa shape index (κ2) is 4.92. The van der Waals surface area contributed by atoms with Gasteiger partial charge in [-0.25, -0.2) is 0 Å². The molecule has 1 aliphatic rings. The van der Waals surface area contributed by atoms with Crippen molar-refractivity contribution in [2.75, 3.05) is 5.32 Å². The molecule has 1 unspecified atom stereocenters. The zero-order chi connectivity index (χ0) is 14.0. The Bertz CT molecular complexity index is 616. The molecule has 1 aromatic rings. The molecule has 0 aromatic heterocycles. The second-order valence-corrected chi connectivity index (χ2v) is 4.05. The van der Waals surface area contributed by atoms with Crippen LogP contribution in [0.3, 0.4) is 0 Å². The lowest BCUT2D eigenvalue weighted by Gasteiger charge is -2.10. The summed E-state index contributed by atoms with van der Waals surface area (Å²) in [6, 6.07) is 3.61. The maximum absolute atomic E-state index is 11.6. The molecule has 1 atom stereocenters. The van der Waals surface area contributed by atoms with Gasteiger partial charge >= 0.3 is 0 Å². The summed E-state index contributed by atoms with van der Waals surface area (Å²) >= 11 is 0. The summed E-state index contributed by atoms with van der Waals surface area (Å²) in [6.45, 7) is 0. The molecule has 4 N–H and O–H groups in total. The van der Waals surface area contributed by atoms with E-state index in [-0.39, 0.29) is 17.5 Å². The van der Waals surface area contributed by atoms with Gasteiger partial charge in [-0.1, -0.05) is 0 Å². The van der Waals surface area contributed by atoms with Gasteiger partial charge in [0.15, 0.2) is 0 Å². The highest BCUT2D eigenvalue weighted by Crippen LogP contribution is 2.20. The van der Waals surface area contributed by atoms with Crippen molar-refractivity contribution in [2.45, 2.75) is 12.5 Å². The van der Waals surface area contributed by atoms with Crippen LogP contribution in [0.2, 0.25) is 0 Å². The van der Waals surface area contributed by atoms with Crippen LogP contribution in [0.1, 0.15) is 27.1 Å². The molecule has 1 heterocycles. The van der Waals surface area contributed by atoms with Crippen molar-refractivity contribution in [3.05, 3.63) is 29.3 Å². The summed E-state index contributed by atoms with van der Waals surface area (Å²) in [5.74, 6) is 0.927. The largest absolute Gasteiger partial charge is 0.325 e.